The second-order valence-electron chi connectivity index (χ2n) is 12.9. The summed E-state index contributed by atoms with van der Waals surface area (Å²) in [5.41, 5.74) is 6.57. The number of alkyl halides is 3. The first-order valence-corrected chi connectivity index (χ1v) is 17.6. The fourth-order valence-electron chi connectivity index (χ4n) is 3.88. The maximum Gasteiger partial charge on any atom is 0.417 e. The van der Waals surface area contributed by atoms with Crippen molar-refractivity contribution >= 4 is 34.9 Å². The molecule has 2 amide bonds. The van der Waals surface area contributed by atoms with Crippen molar-refractivity contribution in [3.63, 3.8) is 0 Å². The molecule has 15 heteroatoms. The SMILES string of the molecule is CC.CC.CC/C(=C\C=C(C)C)c1cnc(N)c(OCC(C)(C)NC(=O)OC(C)(C)C)n1.CNc1ncc(C(F)(F)F)cc1C(=O)Nc1ccc(F)cc1. The van der Waals surface area contributed by atoms with E-state index in [1.54, 1.807) is 6.20 Å². The second kappa shape index (κ2) is 22.8. The van der Waals surface area contributed by atoms with E-state index in [0.717, 1.165) is 24.1 Å². The number of nitrogen functional groups attached to an aromatic ring is 1. The highest BCUT2D eigenvalue weighted by Gasteiger charge is 2.32. The molecule has 3 aromatic rings. The van der Waals surface area contributed by atoms with Gasteiger partial charge >= 0.3 is 12.3 Å². The molecule has 0 saturated heterocycles. The minimum atomic E-state index is -4.61. The maximum atomic E-state index is 12.8. The van der Waals surface area contributed by atoms with Crippen molar-refractivity contribution in [2.45, 2.75) is 107 Å². The first-order valence-electron chi connectivity index (χ1n) is 17.6. The van der Waals surface area contributed by atoms with Crippen molar-refractivity contribution < 1.29 is 36.6 Å². The molecular weight excluding hydrogens is 706 g/mol. The van der Waals surface area contributed by atoms with Gasteiger partial charge in [0.15, 0.2) is 5.82 Å². The van der Waals surface area contributed by atoms with Crippen LogP contribution in [0.5, 0.6) is 5.88 Å². The van der Waals surface area contributed by atoms with Gasteiger partial charge in [-0.15, -0.1) is 0 Å². The number of benzene rings is 1. The third-order valence-electron chi connectivity index (χ3n) is 6.30. The fraction of sp³-hybridized carbons (Fsp3) is 0.462. The Balaban J connectivity index is 0.000000972. The van der Waals surface area contributed by atoms with Gasteiger partial charge in [0.1, 0.15) is 23.8 Å². The molecule has 0 spiro atoms. The minimum absolute atomic E-state index is 0.00705. The number of pyridine rings is 1. The number of ether oxygens (including phenoxy) is 2. The van der Waals surface area contributed by atoms with Gasteiger partial charge in [-0.1, -0.05) is 52.3 Å². The van der Waals surface area contributed by atoms with E-state index in [2.05, 4.69) is 37.8 Å². The Morgan fingerprint density at radius 2 is 1.52 bits per heavy atom. The van der Waals surface area contributed by atoms with Gasteiger partial charge in [-0.05, 0) is 90.8 Å². The van der Waals surface area contributed by atoms with E-state index in [1.807, 2.05) is 88.3 Å². The minimum Gasteiger partial charge on any atom is -0.473 e. The molecule has 3 rings (SSSR count). The van der Waals surface area contributed by atoms with Crippen LogP contribution in [0.25, 0.3) is 5.57 Å². The van der Waals surface area contributed by atoms with Gasteiger partial charge in [0.05, 0.1) is 28.6 Å². The highest BCUT2D eigenvalue weighted by Crippen LogP contribution is 2.31. The number of aromatic nitrogens is 3. The summed E-state index contributed by atoms with van der Waals surface area (Å²) in [4.78, 5) is 36.4. The molecule has 0 aliphatic heterocycles. The molecule has 2 aromatic heterocycles. The highest BCUT2D eigenvalue weighted by molar-refractivity contribution is 6.07. The molecule has 0 saturated carbocycles. The summed E-state index contributed by atoms with van der Waals surface area (Å²) < 4.78 is 62.0. The van der Waals surface area contributed by atoms with Crippen LogP contribution >= 0.6 is 0 Å². The lowest BCUT2D eigenvalue weighted by Crippen LogP contribution is -2.49. The normalized spacial score (nSPS) is 11.2. The Morgan fingerprint density at radius 3 is 2.02 bits per heavy atom. The van der Waals surface area contributed by atoms with Gasteiger partial charge < -0.3 is 31.2 Å². The Labute approximate surface area is 317 Å². The van der Waals surface area contributed by atoms with E-state index in [1.165, 1.54) is 24.8 Å². The van der Waals surface area contributed by atoms with E-state index < -0.39 is 40.7 Å². The van der Waals surface area contributed by atoms with Crippen molar-refractivity contribution in [2.75, 3.05) is 30.0 Å². The van der Waals surface area contributed by atoms with Crippen LogP contribution in [0.2, 0.25) is 0 Å². The molecule has 0 radical (unpaired) electrons. The van der Waals surface area contributed by atoms with Gasteiger partial charge in [-0.2, -0.15) is 13.2 Å². The topological polar surface area (TPSA) is 153 Å². The summed E-state index contributed by atoms with van der Waals surface area (Å²) >= 11 is 0. The largest absolute Gasteiger partial charge is 0.473 e. The van der Waals surface area contributed by atoms with Gasteiger partial charge in [0.2, 0.25) is 0 Å². The van der Waals surface area contributed by atoms with Crippen LogP contribution in [-0.4, -0.2) is 51.7 Å². The lowest BCUT2D eigenvalue weighted by atomic mass is 10.1. The number of hydrogen-bond acceptors (Lipinski definition) is 9. The van der Waals surface area contributed by atoms with E-state index >= 15 is 0 Å². The quantitative estimate of drug-likeness (QED) is 0.117. The highest BCUT2D eigenvalue weighted by atomic mass is 19.4. The molecule has 1 aromatic carbocycles. The predicted octanol–water partition coefficient (Wildman–Crippen LogP) is 10.1. The zero-order valence-electron chi connectivity index (χ0n) is 33.7. The maximum absolute atomic E-state index is 12.8. The van der Waals surface area contributed by atoms with Crippen LogP contribution in [0.1, 0.15) is 111 Å². The van der Waals surface area contributed by atoms with Crippen molar-refractivity contribution in [3.8, 4) is 5.88 Å². The molecule has 54 heavy (non-hydrogen) atoms. The third-order valence-corrected chi connectivity index (χ3v) is 6.30. The van der Waals surface area contributed by atoms with Crippen LogP contribution in [0.4, 0.5) is 39.7 Å². The lowest BCUT2D eigenvalue weighted by molar-refractivity contribution is -0.137. The molecular formula is C39H57F4N7O4. The number of halogens is 4. The first-order chi connectivity index (χ1) is 25.1. The molecule has 0 fully saturated rings. The van der Waals surface area contributed by atoms with Crippen LogP contribution in [-0.2, 0) is 10.9 Å². The molecule has 0 unspecified atom stereocenters. The molecule has 0 aliphatic carbocycles. The number of anilines is 3. The van der Waals surface area contributed by atoms with Gasteiger partial charge in [0.25, 0.3) is 11.8 Å². The molecule has 0 atom stereocenters. The summed E-state index contributed by atoms with van der Waals surface area (Å²) in [6, 6.07) is 5.55. The predicted molar refractivity (Wildman–Crippen MR) is 209 cm³/mol. The zero-order valence-corrected chi connectivity index (χ0v) is 33.7. The van der Waals surface area contributed by atoms with Gasteiger partial charge in [0, 0.05) is 18.9 Å². The first kappa shape index (κ1) is 48.8. The van der Waals surface area contributed by atoms with Crippen LogP contribution in [0.3, 0.4) is 0 Å². The number of alkyl carbamates (subject to hydrolysis) is 1. The van der Waals surface area contributed by atoms with Crippen LogP contribution in [0, 0.1) is 5.82 Å². The number of nitrogens with two attached hydrogens (primary N) is 1. The van der Waals surface area contributed by atoms with Crippen LogP contribution in [0.15, 0.2) is 60.5 Å². The second-order valence-corrected chi connectivity index (χ2v) is 12.9. The van der Waals surface area contributed by atoms with Crippen LogP contribution < -0.4 is 26.4 Å². The van der Waals surface area contributed by atoms with E-state index in [-0.39, 0.29) is 35.4 Å². The number of hydrogen-bond donors (Lipinski definition) is 4. The summed E-state index contributed by atoms with van der Waals surface area (Å²) in [5, 5.41) is 7.73. The number of rotatable bonds is 10. The molecule has 11 nitrogen and oxygen atoms in total. The average molecular weight is 764 g/mol. The van der Waals surface area contributed by atoms with Crippen molar-refractivity contribution in [1.82, 2.24) is 20.3 Å². The van der Waals surface area contributed by atoms with E-state index in [4.69, 9.17) is 15.2 Å². The van der Waals surface area contributed by atoms with Crippen molar-refractivity contribution in [2.24, 2.45) is 0 Å². The monoisotopic (exact) mass is 763 g/mol. The Kier molecular flexibility index (Phi) is 20.6. The number of carbonyl (C=O) groups is 2. The molecule has 0 aliphatic rings. The average Bonchev–Trinajstić information content (AvgIpc) is 3.09. The number of amides is 2. The molecule has 5 N–H and O–H groups in total. The van der Waals surface area contributed by atoms with Crippen molar-refractivity contribution in [3.05, 3.63) is 83.1 Å². The van der Waals surface area contributed by atoms with E-state index in [9.17, 15) is 27.2 Å². The zero-order chi connectivity index (χ0) is 41.9. The Bertz CT molecular complexity index is 1680. The summed E-state index contributed by atoms with van der Waals surface area (Å²) in [6.45, 7) is 23.4. The smallest absolute Gasteiger partial charge is 0.417 e. The molecule has 2 heterocycles. The number of nitrogens with one attached hydrogen (secondary N) is 3. The fourth-order valence-corrected chi connectivity index (χ4v) is 3.88. The molecule has 0 bridgehead atoms. The molecule has 300 valence electrons. The van der Waals surface area contributed by atoms with Crippen molar-refractivity contribution in [1.29, 1.82) is 0 Å². The van der Waals surface area contributed by atoms with Gasteiger partial charge in [-0.3, -0.25) is 4.79 Å². The Hall–Kier alpha value is -5.21. The van der Waals surface area contributed by atoms with E-state index in [0.29, 0.717) is 18.0 Å². The summed E-state index contributed by atoms with van der Waals surface area (Å²) in [5.74, 6) is -0.820. The van der Waals surface area contributed by atoms with Gasteiger partial charge in [-0.25, -0.2) is 24.1 Å². The lowest BCUT2D eigenvalue weighted by Gasteiger charge is -2.28. The summed E-state index contributed by atoms with van der Waals surface area (Å²) in [7, 11) is 1.43. The standard InChI is InChI=1S/C21H34N4O3.C14H11F4N3O.2C2H6/c1-9-15(11-10-14(2)3)16-12-23-17(22)18(24-16)27-13-21(7,8)25-19(26)28-20(4,5)6;1-19-12-11(6-8(7-20-12)14(16,17)18)13(22)21-10-4-2-9(15)3-5-10;2*1-2/h10-12H,9,13H2,1-8H3,(H2,22,23)(H,25,26);2-7H,1H3,(H,19,20)(H,21,22);2*1-2H3/b15-11+;;;. The summed E-state index contributed by atoms with van der Waals surface area (Å²) in [6.07, 6.45) is 2.02. The third kappa shape index (κ3) is 18.0. The number of carbonyl (C=O) groups excluding carboxylic acids is 2. The number of nitrogens with zero attached hydrogens (tertiary/aromatic N) is 3. The number of allylic oxidation sites excluding steroid dienone is 4. The Morgan fingerprint density at radius 1 is 0.926 bits per heavy atom.